The molecule has 0 amide bonds. The fraction of sp³-hybridized carbons (Fsp3) is 0.200. The van der Waals surface area contributed by atoms with Crippen molar-refractivity contribution in [3.8, 4) is 0 Å². The van der Waals surface area contributed by atoms with Gasteiger partial charge in [0.05, 0.1) is 12.1 Å². The third-order valence-electron chi connectivity index (χ3n) is 3.84. The summed E-state index contributed by atoms with van der Waals surface area (Å²) in [6, 6.07) is 10.0. The highest BCUT2D eigenvalue weighted by molar-refractivity contribution is 7.10. The van der Waals surface area contributed by atoms with Crippen LogP contribution in [0.25, 0.3) is 0 Å². The minimum atomic E-state index is 0.0774. The van der Waals surface area contributed by atoms with Crippen LogP contribution >= 0.6 is 34.5 Å². The summed E-state index contributed by atoms with van der Waals surface area (Å²) < 4.78 is 1.94. The molecule has 4 rings (SSSR count). The molecule has 1 aliphatic rings. The molecule has 0 fully saturated rings. The number of nitrogens with one attached hydrogen (secondary N) is 1. The van der Waals surface area contributed by atoms with Gasteiger partial charge in [0.2, 0.25) is 5.95 Å². The first-order valence-electron chi connectivity index (χ1n) is 6.87. The molecule has 112 valence electrons. The van der Waals surface area contributed by atoms with Gasteiger partial charge in [-0.25, -0.2) is 4.68 Å². The van der Waals surface area contributed by atoms with Crippen molar-refractivity contribution in [3.63, 3.8) is 0 Å². The Hall–Kier alpha value is -1.56. The summed E-state index contributed by atoms with van der Waals surface area (Å²) in [5.41, 5.74) is 1.03. The van der Waals surface area contributed by atoms with Crippen molar-refractivity contribution >= 4 is 40.5 Å². The molecule has 0 spiro atoms. The largest absolute Gasteiger partial charge is 0.347 e. The Morgan fingerprint density at radius 1 is 1.27 bits per heavy atom. The van der Waals surface area contributed by atoms with Crippen molar-refractivity contribution in [1.82, 2.24) is 14.8 Å². The average Bonchev–Trinajstić information content (AvgIpc) is 3.17. The Balaban J connectivity index is 1.75. The van der Waals surface area contributed by atoms with E-state index in [1.165, 1.54) is 4.88 Å². The zero-order valence-corrected chi connectivity index (χ0v) is 13.7. The lowest BCUT2D eigenvalue weighted by Crippen LogP contribution is -2.27. The van der Waals surface area contributed by atoms with E-state index in [0.29, 0.717) is 10.0 Å². The molecule has 4 nitrogen and oxygen atoms in total. The predicted molar refractivity (Wildman–Crippen MR) is 89.9 cm³/mol. The summed E-state index contributed by atoms with van der Waals surface area (Å²) in [6.45, 7) is 0. The maximum atomic E-state index is 6.37. The van der Waals surface area contributed by atoms with Crippen LogP contribution in [-0.2, 0) is 0 Å². The van der Waals surface area contributed by atoms with E-state index in [-0.39, 0.29) is 12.1 Å². The molecule has 7 heteroatoms. The molecule has 1 aromatic carbocycles. The first-order valence-corrected chi connectivity index (χ1v) is 8.50. The third kappa shape index (κ3) is 2.39. The fourth-order valence-electron chi connectivity index (χ4n) is 2.83. The molecular formula is C15H12Cl2N4S. The number of benzene rings is 1. The predicted octanol–water partition coefficient (Wildman–Crippen LogP) is 4.79. The van der Waals surface area contributed by atoms with Crippen LogP contribution < -0.4 is 5.32 Å². The summed E-state index contributed by atoms with van der Waals surface area (Å²) in [6.07, 6.45) is 2.44. The molecule has 0 saturated heterocycles. The molecule has 2 aromatic heterocycles. The van der Waals surface area contributed by atoms with Gasteiger partial charge in [-0.2, -0.15) is 10.1 Å². The summed E-state index contributed by atoms with van der Waals surface area (Å²) in [5, 5.41) is 11.2. The van der Waals surface area contributed by atoms with E-state index in [1.807, 2.05) is 16.8 Å². The second-order valence-corrected chi connectivity index (χ2v) is 6.98. The van der Waals surface area contributed by atoms with Gasteiger partial charge in [0.1, 0.15) is 6.33 Å². The van der Waals surface area contributed by atoms with Crippen LogP contribution in [0.15, 0.2) is 42.0 Å². The summed E-state index contributed by atoms with van der Waals surface area (Å²) in [7, 11) is 0. The number of halogens is 2. The molecule has 2 atom stereocenters. The van der Waals surface area contributed by atoms with Crippen LogP contribution in [0.3, 0.4) is 0 Å². The number of nitrogens with zero attached hydrogens (tertiary/aromatic N) is 3. The highest BCUT2D eigenvalue weighted by Crippen LogP contribution is 2.40. The topological polar surface area (TPSA) is 42.7 Å². The maximum absolute atomic E-state index is 6.37. The SMILES string of the molecule is Clc1ccc([C@@H]2C[C@H](c3cccs3)n3ncnc3N2)c(Cl)c1. The molecule has 3 heterocycles. The maximum Gasteiger partial charge on any atom is 0.222 e. The Morgan fingerprint density at radius 2 is 2.18 bits per heavy atom. The summed E-state index contributed by atoms with van der Waals surface area (Å²) in [4.78, 5) is 5.58. The van der Waals surface area contributed by atoms with Gasteiger partial charge in [-0.05, 0) is 35.6 Å². The minimum Gasteiger partial charge on any atom is -0.347 e. The molecule has 1 aliphatic heterocycles. The molecule has 0 aliphatic carbocycles. The van der Waals surface area contributed by atoms with Crippen molar-refractivity contribution in [2.24, 2.45) is 0 Å². The van der Waals surface area contributed by atoms with Gasteiger partial charge in [-0.15, -0.1) is 11.3 Å². The number of thiophene rings is 1. The van der Waals surface area contributed by atoms with E-state index in [1.54, 1.807) is 23.7 Å². The van der Waals surface area contributed by atoms with E-state index < -0.39 is 0 Å². The standard InChI is InChI=1S/C15H12Cl2N4S/c16-9-3-4-10(11(17)6-9)12-7-13(14-2-1-5-22-14)21-15(20-12)18-8-19-21/h1-6,8,12-13H,7H2,(H,18,19,20)/t12-,13+/m0/s1. The second-order valence-electron chi connectivity index (χ2n) is 5.16. The molecular weight excluding hydrogens is 339 g/mol. The van der Waals surface area contributed by atoms with Crippen LogP contribution in [0.5, 0.6) is 0 Å². The first kappa shape index (κ1) is 14.1. The highest BCUT2D eigenvalue weighted by atomic mass is 35.5. The molecule has 0 radical (unpaired) electrons. The smallest absolute Gasteiger partial charge is 0.222 e. The van der Waals surface area contributed by atoms with Crippen LogP contribution in [-0.4, -0.2) is 14.8 Å². The zero-order chi connectivity index (χ0) is 15.1. The van der Waals surface area contributed by atoms with Crippen molar-refractivity contribution in [1.29, 1.82) is 0 Å². The number of rotatable bonds is 2. The van der Waals surface area contributed by atoms with Crippen LogP contribution in [0.1, 0.15) is 28.9 Å². The van der Waals surface area contributed by atoms with Crippen molar-refractivity contribution in [2.75, 3.05) is 5.32 Å². The van der Waals surface area contributed by atoms with Gasteiger partial charge in [-0.3, -0.25) is 0 Å². The van der Waals surface area contributed by atoms with Gasteiger partial charge in [0.25, 0.3) is 0 Å². The van der Waals surface area contributed by atoms with Gasteiger partial charge in [0, 0.05) is 14.9 Å². The normalized spacial score (nSPS) is 20.5. The third-order valence-corrected chi connectivity index (χ3v) is 5.38. The Bertz CT molecular complexity index is 800. The Kier molecular flexibility index (Phi) is 3.56. The van der Waals surface area contributed by atoms with Gasteiger partial charge in [-0.1, -0.05) is 35.3 Å². The molecule has 3 aromatic rings. The van der Waals surface area contributed by atoms with E-state index in [4.69, 9.17) is 23.2 Å². The zero-order valence-electron chi connectivity index (χ0n) is 11.4. The monoisotopic (exact) mass is 350 g/mol. The number of hydrogen-bond acceptors (Lipinski definition) is 4. The van der Waals surface area contributed by atoms with Crippen LogP contribution in [0.4, 0.5) is 5.95 Å². The van der Waals surface area contributed by atoms with Crippen LogP contribution in [0, 0.1) is 0 Å². The number of aromatic nitrogens is 3. The van der Waals surface area contributed by atoms with E-state index >= 15 is 0 Å². The van der Waals surface area contributed by atoms with Crippen molar-refractivity contribution in [2.45, 2.75) is 18.5 Å². The average molecular weight is 351 g/mol. The molecule has 0 saturated carbocycles. The molecule has 22 heavy (non-hydrogen) atoms. The number of hydrogen-bond donors (Lipinski definition) is 1. The number of anilines is 1. The second kappa shape index (κ2) is 5.57. The van der Waals surface area contributed by atoms with E-state index in [2.05, 4.69) is 32.9 Å². The molecule has 0 unspecified atom stereocenters. The van der Waals surface area contributed by atoms with Gasteiger partial charge >= 0.3 is 0 Å². The lowest BCUT2D eigenvalue weighted by atomic mass is 9.97. The highest BCUT2D eigenvalue weighted by Gasteiger charge is 2.31. The van der Waals surface area contributed by atoms with Crippen LogP contribution in [0.2, 0.25) is 10.0 Å². The Morgan fingerprint density at radius 3 is 2.95 bits per heavy atom. The van der Waals surface area contributed by atoms with Gasteiger partial charge in [0.15, 0.2) is 0 Å². The lowest BCUT2D eigenvalue weighted by molar-refractivity contribution is 0.436. The lowest BCUT2D eigenvalue weighted by Gasteiger charge is -2.31. The van der Waals surface area contributed by atoms with Crippen molar-refractivity contribution < 1.29 is 0 Å². The molecule has 1 N–H and O–H groups in total. The van der Waals surface area contributed by atoms with Gasteiger partial charge < -0.3 is 5.32 Å². The summed E-state index contributed by atoms with van der Waals surface area (Å²) >= 11 is 14.1. The first-order chi connectivity index (χ1) is 10.7. The van der Waals surface area contributed by atoms with Crippen molar-refractivity contribution in [3.05, 3.63) is 62.5 Å². The van der Waals surface area contributed by atoms with E-state index in [9.17, 15) is 0 Å². The van der Waals surface area contributed by atoms with E-state index in [0.717, 1.165) is 17.9 Å². The molecule has 0 bridgehead atoms. The Labute approximate surface area is 141 Å². The minimum absolute atomic E-state index is 0.0774. The summed E-state index contributed by atoms with van der Waals surface area (Å²) in [5.74, 6) is 0.765. The number of fused-ring (bicyclic) bond motifs is 1. The fourth-order valence-corrected chi connectivity index (χ4v) is 4.19. The quantitative estimate of drug-likeness (QED) is 0.722.